The van der Waals surface area contributed by atoms with Crippen LogP contribution >= 0.6 is 0 Å². The van der Waals surface area contributed by atoms with Gasteiger partial charge in [-0.1, -0.05) is 6.92 Å². The number of nitrogens with zero attached hydrogens (tertiary/aromatic N) is 1. The van der Waals surface area contributed by atoms with Crippen LogP contribution in [0.1, 0.15) is 13.8 Å². The number of hydrogen-bond donors (Lipinski definition) is 0. The van der Waals surface area contributed by atoms with E-state index in [0.29, 0.717) is 0 Å². The maximum Gasteiger partial charge on any atom is 0.168 e. The highest BCUT2D eigenvalue weighted by Crippen LogP contribution is 2.29. The molecule has 0 radical (unpaired) electrons. The third-order valence-electron chi connectivity index (χ3n) is 2.81. The Morgan fingerprint density at radius 3 is 2.62 bits per heavy atom. The summed E-state index contributed by atoms with van der Waals surface area (Å²) in [7, 11) is 0. The molecule has 1 aromatic carbocycles. The highest BCUT2D eigenvalue weighted by Gasteiger charge is 2.40. The van der Waals surface area contributed by atoms with Crippen molar-refractivity contribution < 1.29 is 13.5 Å². The molecule has 0 amide bonds. The standard InChI is InChI=1S/C12H15F2NO/c1-3-15-7-12(2,8-15)16-11-5-4-9(13)6-10(11)14/h4-6H,3,7-8H2,1-2H3. The number of likely N-dealkylation sites (tertiary alicyclic amines) is 1. The van der Waals surface area contributed by atoms with E-state index in [-0.39, 0.29) is 11.4 Å². The number of likely N-dealkylation sites (N-methyl/N-ethyl adjacent to an activating group) is 1. The van der Waals surface area contributed by atoms with Crippen molar-refractivity contribution >= 4 is 0 Å². The van der Waals surface area contributed by atoms with Gasteiger partial charge in [-0.25, -0.2) is 8.78 Å². The third kappa shape index (κ3) is 2.16. The first-order chi connectivity index (χ1) is 7.52. The molecule has 0 atom stereocenters. The lowest BCUT2D eigenvalue weighted by Gasteiger charge is -2.47. The van der Waals surface area contributed by atoms with Gasteiger partial charge in [0, 0.05) is 19.2 Å². The van der Waals surface area contributed by atoms with E-state index in [1.807, 2.05) is 6.92 Å². The minimum Gasteiger partial charge on any atom is -0.482 e. The Bertz CT molecular complexity index is 389. The van der Waals surface area contributed by atoms with Gasteiger partial charge in [-0.05, 0) is 25.6 Å². The van der Waals surface area contributed by atoms with Gasteiger partial charge in [0.25, 0.3) is 0 Å². The Morgan fingerprint density at radius 1 is 1.38 bits per heavy atom. The second-order valence-corrected chi connectivity index (χ2v) is 4.43. The summed E-state index contributed by atoms with van der Waals surface area (Å²) in [4.78, 5) is 2.20. The van der Waals surface area contributed by atoms with Gasteiger partial charge in [-0.3, -0.25) is 4.90 Å². The molecule has 1 aliphatic rings. The van der Waals surface area contributed by atoms with Gasteiger partial charge in [0.15, 0.2) is 11.6 Å². The number of ether oxygens (including phenoxy) is 1. The van der Waals surface area contributed by atoms with Crippen molar-refractivity contribution in [3.05, 3.63) is 29.8 Å². The molecule has 0 aromatic heterocycles. The van der Waals surface area contributed by atoms with Crippen molar-refractivity contribution in [1.82, 2.24) is 4.90 Å². The van der Waals surface area contributed by atoms with Gasteiger partial charge in [0.1, 0.15) is 11.4 Å². The summed E-state index contributed by atoms with van der Waals surface area (Å²) in [5, 5.41) is 0. The van der Waals surface area contributed by atoms with Gasteiger partial charge >= 0.3 is 0 Å². The van der Waals surface area contributed by atoms with Crippen LogP contribution in [-0.4, -0.2) is 30.1 Å². The summed E-state index contributed by atoms with van der Waals surface area (Å²) in [5.41, 5.74) is -0.353. The van der Waals surface area contributed by atoms with Crippen LogP contribution in [0.15, 0.2) is 18.2 Å². The largest absolute Gasteiger partial charge is 0.482 e. The fourth-order valence-electron chi connectivity index (χ4n) is 2.01. The maximum absolute atomic E-state index is 13.3. The Hall–Kier alpha value is -1.16. The summed E-state index contributed by atoms with van der Waals surface area (Å²) in [6.45, 7) is 6.52. The number of benzene rings is 1. The predicted octanol–water partition coefficient (Wildman–Crippen LogP) is 2.44. The van der Waals surface area contributed by atoms with Gasteiger partial charge in [0.05, 0.1) is 0 Å². The molecule has 1 aromatic rings. The molecule has 4 heteroatoms. The summed E-state index contributed by atoms with van der Waals surface area (Å²) in [6.07, 6.45) is 0. The van der Waals surface area contributed by atoms with E-state index in [1.165, 1.54) is 12.1 Å². The van der Waals surface area contributed by atoms with E-state index in [9.17, 15) is 8.78 Å². The molecule has 1 saturated heterocycles. The molecule has 16 heavy (non-hydrogen) atoms. The molecule has 88 valence electrons. The van der Waals surface area contributed by atoms with E-state index in [0.717, 1.165) is 25.7 Å². The molecule has 0 N–H and O–H groups in total. The van der Waals surface area contributed by atoms with Crippen molar-refractivity contribution in [3.8, 4) is 5.75 Å². The molecule has 0 aliphatic carbocycles. The molecule has 0 unspecified atom stereocenters. The van der Waals surface area contributed by atoms with Crippen LogP contribution in [0, 0.1) is 11.6 Å². The lowest BCUT2D eigenvalue weighted by molar-refractivity contribution is -0.0625. The smallest absolute Gasteiger partial charge is 0.168 e. The Morgan fingerprint density at radius 2 is 2.06 bits per heavy atom. The van der Waals surface area contributed by atoms with Crippen LogP contribution in [-0.2, 0) is 0 Å². The molecule has 1 fully saturated rings. The zero-order valence-corrected chi connectivity index (χ0v) is 9.46. The van der Waals surface area contributed by atoms with Crippen LogP contribution in [0.3, 0.4) is 0 Å². The van der Waals surface area contributed by atoms with Crippen molar-refractivity contribution in [1.29, 1.82) is 0 Å². The van der Waals surface area contributed by atoms with Crippen LogP contribution < -0.4 is 4.74 Å². The Balaban J connectivity index is 2.05. The summed E-state index contributed by atoms with van der Waals surface area (Å²) < 4.78 is 31.6. The van der Waals surface area contributed by atoms with Gasteiger partial charge in [0.2, 0.25) is 0 Å². The van der Waals surface area contributed by atoms with Crippen LogP contribution in [0.2, 0.25) is 0 Å². The van der Waals surface area contributed by atoms with Crippen LogP contribution in [0.5, 0.6) is 5.75 Å². The lowest BCUT2D eigenvalue weighted by Crippen LogP contribution is -2.62. The SMILES string of the molecule is CCN1CC(C)(Oc2ccc(F)cc2F)C1. The van der Waals surface area contributed by atoms with Gasteiger partial charge in [-0.15, -0.1) is 0 Å². The quantitative estimate of drug-likeness (QED) is 0.786. The van der Waals surface area contributed by atoms with Crippen LogP contribution in [0.4, 0.5) is 8.78 Å². The minimum atomic E-state index is -0.642. The molecule has 2 nitrogen and oxygen atoms in total. The predicted molar refractivity (Wildman–Crippen MR) is 57.5 cm³/mol. The summed E-state index contributed by atoms with van der Waals surface area (Å²) in [6, 6.07) is 3.39. The van der Waals surface area contributed by atoms with E-state index in [2.05, 4.69) is 11.8 Å². The van der Waals surface area contributed by atoms with Crippen molar-refractivity contribution in [2.75, 3.05) is 19.6 Å². The first kappa shape index (κ1) is 11.3. The second-order valence-electron chi connectivity index (χ2n) is 4.43. The summed E-state index contributed by atoms with van der Waals surface area (Å²) in [5.74, 6) is -1.10. The molecule has 0 saturated carbocycles. The number of halogens is 2. The molecular weight excluding hydrogens is 212 g/mol. The van der Waals surface area contributed by atoms with Gasteiger partial charge in [-0.2, -0.15) is 0 Å². The fraction of sp³-hybridized carbons (Fsp3) is 0.500. The topological polar surface area (TPSA) is 12.5 Å². The molecule has 1 aliphatic heterocycles. The molecule has 2 rings (SSSR count). The van der Waals surface area contributed by atoms with Crippen LogP contribution in [0.25, 0.3) is 0 Å². The third-order valence-corrected chi connectivity index (χ3v) is 2.81. The fourth-order valence-corrected chi connectivity index (χ4v) is 2.01. The molecular formula is C12H15F2NO. The average Bonchev–Trinajstić information content (AvgIpc) is 2.18. The lowest BCUT2D eigenvalue weighted by atomic mass is 9.96. The Kier molecular flexibility index (Phi) is 2.84. The minimum absolute atomic E-state index is 0.125. The van der Waals surface area contributed by atoms with Crippen molar-refractivity contribution in [2.24, 2.45) is 0 Å². The normalized spacial score (nSPS) is 19.2. The van der Waals surface area contributed by atoms with Gasteiger partial charge < -0.3 is 4.74 Å². The number of rotatable bonds is 3. The maximum atomic E-state index is 13.3. The molecule has 0 bridgehead atoms. The number of hydrogen-bond acceptors (Lipinski definition) is 2. The van der Waals surface area contributed by atoms with E-state index in [4.69, 9.17) is 4.74 Å². The van der Waals surface area contributed by atoms with E-state index >= 15 is 0 Å². The molecule has 1 heterocycles. The highest BCUT2D eigenvalue weighted by molar-refractivity contribution is 5.26. The monoisotopic (exact) mass is 227 g/mol. The summed E-state index contributed by atoms with van der Waals surface area (Å²) >= 11 is 0. The zero-order chi connectivity index (χ0) is 11.8. The average molecular weight is 227 g/mol. The zero-order valence-electron chi connectivity index (χ0n) is 9.46. The highest BCUT2D eigenvalue weighted by atomic mass is 19.1. The van der Waals surface area contributed by atoms with E-state index < -0.39 is 11.6 Å². The van der Waals surface area contributed by atoms with Crippen molar-refractivity contribution in [2.45, 2.75) is 19.4 Å². The van der Waals surface area contributed by atoms with Crippen molar-refractivity contribution in [3.63, 3.8) is 0 Å². The first-order valence-electron chi connectivity index (χ1n) is 5.39. The molecule has 0 spiro atoms. The second kappa shape index (κ2) is 4.01. The first-order valence-corrected chi connectivity index (χ1v) is 5.39. The Labute approximate surface area is 93.8 Å². The van der Waals surface area contributed by atoms with E-state index in [1.54, 1.807) is 0 Å².